The fourth-order valence-electron chi connectivity index (χ4n) is 1.08. The van der Waals surface area contributed by atoms with Crippen molar-refractivity contribution >= 4 is 0 Å². The zero-order valence-corrected chi connectivity index (χ0v) is 7.79. The summed E-state index contributed by atoms with van der Waals surface area (Å²) in [5.41, 5.74) is 2.19. The Morgan fingerprint density at radius 3 is 2.62 bits per heavy atom. The molecule has 67 valence electrons. The van der Waals surface area contributed by atoms with Gasteiger partial charge in [0.25, 0.3) is 0 Å². The molecule has 0 unspecified atom stereocenters. The summed E-state index contributed by atoms with van der Waals surface area (Å²) in [5, 5.41) is 0. The number of benzene rings is 1. The van der Waals surface area contributed by atoms with Crippen molar-refractivity contribution in [2.24, 2.45) is 0 Å². The molecule has 0 atom stereocenters. The van der Waals surface area contributed by atoms with E-state index in [2.05, 4.69) is 12.3 Å². The maximum atomic E-state index is 5.24. The number of hydrogen-bond acceptors (Lipinski definition) is 1. The van der Waals surface area contributed by atoms with Gasteiger partial charge in [0, 0.05) is 19.3 Å². The smallest absolute Gasteiger partial charge is 0.0497 e. The molecule has 0 fully saturated rings. The lowest BCUT2D eigenvalue weighted by atomic mass is 10.1. The lowest BCUT2D eigenvalue weighted by Crippen LogP contribution is -1.93. The van der Waals surface area contributed by atoms with Crippen LogP contribution in [0.25, 0.3) is 0 Å². The van der Waals surface area contributed by atoms with E-state index in [9.17, 15) is 0 Å². The molecular formula is C12H13O. The number of ether oxygens (including phenoxy) is 1. The summed E-state index contributed by atoms with van der Waals surface area (Å²) >= 11 is 0. The van der Waals surface area contributed by atoms with Crippen LogP contribution in [0.15, 0.2) is 24.3 Å². The van der Waals surface area contributed by atoms with E-state index < -0.39 is 0 Å². The zero-order chi connectivity index (χ0) is 9.52. The fourth-order valence-corrected chi connectivity index (χ4v) is 1.08. The molecule has 1 aromatic rings. The second kappa shape index (κ2) is 5.40. The standard InChI is InChI=1S/C12H13O/c1-3-11-6-8-12(9-7-11)5-4-10-13-2/h1,4,6-9H,5,10H2,2H3. The van der Waals surface area contributed by atoms with E-state index in [0.29, 0.717) is 6.61 Å². The van der Waals surface area contributed by atoms with Crippen LogP contribution in [-0.2, 0) is 11.2 Å². The Kier molecular flexibility index (Phi) is 4.08. The Labute approximate surface area is 79.7 Å². The highest BCUT2D eigenvalue weighted by Crippen LogP contribution is 2.05. The minimum atomic E-state index is 0.691. The van der Waals surface area contributed by atoms with Crippen LogP contribution in [0.3, 0.4) is 0 Å². The summed E-state index contributed by atoms with van der Waals surface area (Å²) in [6.07, 6.45) is 8.26. The van der Waals surface area contributed by atoms with Crippen LogP contribution in [0.2, 0.25) is 0 Å². The van der Waals surface area contributed by atoms with E-state index in [-0.39, 0.29) is 0 Å². The molecule has 0 amide bonds. The van der Waals surface area contributed by atoms with Gasteiger partial charge in [-0.25, -0.2) is 0 Å². The van der Waals surface area contributed by atoms with Gasteiger partial charge in [0.2, 0.25) is 0 Å². The van der Waals surface area contributed by atoms with E-state index in [1.165, 1.54) is 5.56 Å². The van der Waals surface area contributed by atoms with Crippen molar-refractivity contribution in [1.29, 1.82) is 0 Å². The largest absolute Gasteiger partial charge is 0.384 e. The Morgan fingerprint density at radius 1 is 1.38 bits per heavy atom. The van der Waals surface area contributed by atoms with Gasteiger partial charge in [0.05, 0.1) is 0 Å². The molecule has 0 saturated carbocycles. The number of terminal acetylenes is 1. The molecule has 0 saturated heterocycles. The monoisotopic (exact) mass is 173 g/mol. The van der Waals surface area contributed by atoms with Gasteiger partial charge >= 0.3 is 0 Å². The average molecular weight is 173 g/mol. The molecule has 0 N–H and O–H groups in total. The maximum Gasteiger partial charge on any atom is 0.0497 e. The van der Waals surface area contributed by atoms with Gasteiger partial charge < -0.3 is 4.74 Å². The Balaban J connectivity index is 2.46. The summed E-state index contributed by atoms with van der Waals surface area (Å²) in [7, 11) is 1.69. The molecule has 0 heterocycles. The van der Waals surface area contributed by atoms with Crippen LogP contribution < -0.4 is 0 Å². The van der Waals surface area contributed by atoms with Crippen LogP contribution in [-0.4, -0.2) is 13.7 Å². The molecular weight excluding hydrogens is 160 g/mol. The molecule has 1 heteroatoms. The normalized spacial score (nSPS) is 9.54. The van der Waals surface area contributed by atoms with E-state index in [1.54, 1.807) is 7.11 Å². The quantitative estimate of drug-likeness (QED) is 0.500. The zero-order valence-electron chi connectivity index (χ0n) is 7.79. The third-order valence-corrected chi connectivity index (χ3v) is 1.79. The Bertz CT molecular complexity index is 279. The predicted molar refractivity (Wildman–Crippen MR) is 54.3 cm³/mol. The molecule has 1 aromatic carbocycles. The summed E-state index contributed by atoms with van der Waals surface area (Å²) in [4.78, 5) is 0. The Hall–Kier alpha value is -1.26. The van der Waals surface area contributed by atoms with Gasteiger partial charge in [-0.1, -0.05) is 18.1 Å². The van der Waals surface area contributed by atoms with Crippen molar-refractivity contribution in [2.45, 2.75) is 6.42 Å². The molecule has 0 spiro atoms. The molecule has 1 radical (unpaired) electrons. The van der Waals surface area contributed by atoms with Crippen molar-refractivity contribution in [2.75, 3.05) is 13.7 Å². The minimum Gasteiger partial charge on any atom is -0.384 e. The minimum absolute atomic E-state index is 0.691. The number of methoxy groups -OCH3 is 1. The van der Waals surface area contributed by atoms with Gasteiger partial charge in [-0.3, -0.25) is 0 Å². The maximum absolute atomic E-state index is 5.24. The van der Waals surface area contributed by atoms with Crippen molar-refractivity contribution in [1.82, 2.24) is 0 Å². The summed E-state index contributed by atoms with van der Waals surface area (Å²) in [5.74, 6) is 2.59. The van der Waals surface area contributed by atoms with E-state index in [4.69, 9.17) is 11.2 Å². The number of hydrogen-bond donors (Lipinski definition) is 0. The van der Waals surface area contributed by atoms with E-state index >= 15 is 0 Å². The van der Waals surface area contributed by atoms with Gasteiger partial charge in [-0.2, -0.15) is 0 Å². The van der Waals surface area contributed by atoms with Crippen molar-refractivity contribution in [3.63, 3.8) is 0 Å². The molecule has 0 aliphatic heterocycles. The molecule has 0 aliphatic rings. The summed E-state index contributed by atoms with van der Waals surface area (Å²) in [6, 6.07) is 7.99. The van der Waals surface area contributed by atoms with Crippen molar-refractivity contribution in [3.05, 3.63) is 41.8 Å². The second-order valence-corrected chi connectivity index (χ2v) is 2.79. The molecule has 0 aromatic heterocycles. The highest BCUT2D eigenvalue weighted by Gasteiger charge is 1.92. The molecule has 0 aliphatic carbocycles. The second-order valence-electron chi connectivity index (χ2n) is 2.79. The van der Waals surface area contributed by atoms with E-state index in [1.807, 2.05) is 24.3 Å². The predicted octanol–water partition coefficient (Wildman–Crippen LogP) is 2.06. The van der Waals surface area contributed by atoms with Gasteiger partial charge in [-0.15, -0.1) is 6.42 Å². The first kappa shape index (κ1) is 9.83. The molecule has 0 bridgehead atoms. The van der Waals surface area contributed by atoms with Crippen LogP contribution in [0.5, 0.6) is 0 Å². The number of rotatable bonds is 4. The highest BCUT2D eigenvalue weighted by atomic mass is 16.5. The van der Waals surface area contributed by atoms with Gasteiger partial charge in [-0.05, 0) is 30.5 Å². The molecule has 13 heavy (non-hydrogen) atoms. The average Bonchev–Trinajstić information content (AvgIpc) is 2.19. The lowest BCUT2D eigenvalue weighted by Gasteiger charge is -2.00. The third-order valence-electron chi connectivity index (χ3n) is 1.79. The first-order valence-electron chi connectivity index (χ1n) is 4.23. The SMILES string of the molecule is C#Cc1ccc(C[CH]COC)cc1. The Morgan fingerprint density at radius 2 is 2.08 bits per heavy atom. The van der Waals surface area contributed by atoms with E-state index in [0.717, 1.165) is 12.0 Å². The fraction of sp³-hybridized carbons (Fsp3) is 0.250. The third kappa shape index (κ3) is 3.31. The van der Waals surface area contributed by atoms with Crippen LogP contribution in [0.4, 0.5) is 0 Å². The molecule has 1 rings (SSSR count). The summed E-state index contributed by atoms with van der Waals surface area (Å²) < 4.78 is 4.92. The van der Waals surface area contributed by atoms with Crippen LogP contribution in [0.1, 0.15) is 11.1 Å². The first-order valence-corrected chi connectivity index (χ1v) is 4.23. The summed E-state index contributed by atoms with van der Waals surface area (Å²) in [6.45, 7) is 0.691. The lowest BCUT2D eigenvalue weighted by molar-refractivity contribution is 0.221. The van der Waals surface area contributed by atoms with Gasteiger partial charge in [0.1, 0.15) is 0 Å². The highest BCUT2D eigenvalue weighted by molar-refractivity contribution is 5.34. The topological polar surface area (TPSA) is 9.23 Å². The van der Waals surface area contributed by atoms with Crippen LogP contribution >= 0.6 is 0 Å². The molecule has 1 nitrogen and oxygen atoms in total. The van der Waals surface area contributed by atoms with Crippen molar-refractivity contribution < 1.29 is 4.74 Å². The van der Waals surface area contributed by atoms with Gasteiger partial charge in [0.15, 0.2) is 0 Å². The van der Waals surface area contributed by atoms with Crippen molar-refractivity contribution in [3.8, 4) is 12.3 Å². The van der Waals surface area contributed by atoms with Crippen LogP contribution in [0, 0.1) is 18.8 Å². The first-order chi connectivity index (χ1) is 6.36.